The Morgan fingerprint density at radius 3 is 1.95 bits per heavy atom. The van der Waals surface area contributed by atoms with Gasteiger partial charge in [0.05, 0.1) is 6.61 Å². The normalized spacial score (nSPS) is 23.0. The summed E-state index contributed by atoms with van der Waals surface area (Å²) in [5.74, 6) is -5.45. The van der Waals surface area contributed by atoms with E-state index in [2.05, 4.69) is 0 Å². The van der Waals surface area contributed by atoms with E-state index in [1.54, 1.807) is 0 Å². The third-order valence-corrected chi connectivity index (χ3v) is 4.86. The van der Waals surface area contributed by atoms with Gasteiger partial charge in [-0.05, 0) is 19.1 Å². The van der Waals surface area contributed by atoms with E-state index in [-0.39, 0.29) is 12.2 Å². The van der Waals surface area contributed by atoms with Gasteiger partial charge in [-0.25, -0.2) is 9.18 Å². The highest BCUT2D eigenvalue weighted by molar-refractivity contribution is 5.91. The van der Waals surface area contributed by atoms with Crippen LogP contribution in [0.1, 0.15) is 40.2 Å². The van der Waals surface area contributed by atoms with E-state index >= 15 is 0 Å². The topological polar surface area (TPSA) is 150 Å². The van der Waals surface area contributed by atoms with E-state index in [1.165, 1.54) is 25.1 Å². The Morgan fingerprint density at radius 1 is 0.816 bits per heavy atom. The molecule has 1 aromatic rings. The summed E-state index contributed by atoms with van der Waals surface area (Å²) in [6, 6.07) is 5.48. The summed E-state index contributed by atoms with van der Waals surface area (Å²) >= 11 is 0. The summed E-state index contributed by atoms with van der Waals surface area (Å²) in [5.41, 5.74) is -0.0406. The molecule has 12 nitrogen and oxygen atoms in total. The Labute approximate surface area is 217 Å². The Bertz CT molecular complexity index is 1070. The number of carbonyl (C=O) groups excluding carboxylic acids is 5. The predicted molar refractivity (Wildman–Crippen MR) is 124 cm³/mol. The number of carbonyl (C=O) groups is 5. The lowest BCUT2D eigenvalue weighted by Gasteiger charge is -2.43. The molecule has 0 aliphatic carbocycles. The van der Waals surface area contributed by atoms with Crippen molar-refractivity contribution in [2.75, 3.05) is 13.2 Å². The van der Waals surface area contributed by atoms with Gasteiger partial charge in [-0.3, -0.25) is 19.2 Å². The van der Waals surface area contributed by atoms with E-state index in [9.17, 15) is 28.4 Å². The summed E-state index contributed by atoms with van der Waals surface area (Å²) in [6.45, 7) is 5.29. The summed E-state index contributed by atoms with van der Waals surface area (Å²) in [7, 11) is 0. The first-order chi connectivity index (χ1) is 17.9. The van der Waals surface area contributed by atoms with Crippen LogP contribution in [0.2, 0.25) is 0 Å². The van der Waals surface area contributed by atoms with Crippen molar-refractivity contribution >= 4 is 35.9 Å². The summed E-state index contributed by atoms with van der Waals surface area (Å²) in [4.78, 5) is 59.9. The molecule has 1 heterocycles. The first kappa shape index (κ1) is 30.2. The Kier molecular flexibility index (Phi) is 11.2. The van der Waals surface area contributed by atoms with Crippen molar-refractivity contribution in [3.05, 3.63) is 41.4 Å². The van der Waals surface area contributed by atoms with Gasteiger partial charge in [0.2, 0.25) is 18.2 Å². The lowest BCUT2D eigenvalue weighted by molar-refractivity contribution is -0.299. The van der Waals surface area contributed by atoms with E-state index < -0.39 is 78.7 Å². The quantitative estimate of drug-likeness (QED) is 0.184. The average Bonchev–Trinajstić information content (AvgIpc) is 2.81. The van der Waals surface area contributed by atoms with Gasteiger partial charge in [-0.1, -0.05) is 18.2 Å². The number of hydrogen-bond acceptors (Lipinski definition) is 12. The molecule has 13 heteroatoms. The molecule has 1 aliphatic rings. The van der Waals surface area contributed by atoms with Crippen molar-refractivity contribution < 1.29 is 61.5 Å². The largest absolute Gasteiger partial charge is 0.463 e. The molecule has 1 fully saturated rings. The van der Waals surface area contributed by atoms with Gasteiger partial charge in [-0.2, -0.15) is 0 Å². The van der Waals surface area contributed by atoms with Gasteiger partial charge in [-0.15, -0.1) is 0 Å². The molecule has 1 saturated heterocycles. The van der Waals surface area contributed by atoms with Crippen LogP contribution in [0.5, 0.6) is 0 Å². The Morgan fingerprint density at radius 2 is 1.39 bits per heavy atom. The second kappa shape index (κ2) is 14.1. The molecule has 1 aliphatic heterocycles. The molecule has 0 amide bonds. The first-order valence-corrected chi connectivity index (χ1v) is 11.5. The smallest absolute Gasteiger partial charge is 0.373 e. The molecule has 0 saturated carbocycles. The Balaban J connectivity index is 2.59. The van der Waals surface area contributed by atoms with Crippen molar-refractivity contribution in [1.82, 2.24) is 0 Å². The number of ether oxygens (including phenoxy) is 7. The van der Waals surface area contributed by atoms with Gasteiger partial charge < -0.3 is 33.2 Å². The van der Waals surface area contributed by atoms with Crippen LogP contribution in [0.3, 0.4) is 0 Å². The fourth-order valence-electron chi connectivity index (χ4n) is 3.49. The predicted octanol–water partition coefficient (Wildman–Crippen LogP) is 1.83. The molecular formula is C25H29FO12. The molecule has 0 N–H and O–H groups in total. The summed E-state index contributed by atoms with van der Waals surface area (Å²) in [6.07, 6.45) is -6.48. The molecule has 208 valence electrons. The van der Waals surface area contributed by atoms with Crippen molar-refractivity contribution in [3.8, 4) is 0 Å². The molecule has 2 rings (SSSR count). The maximum absolute atomic E-state index is 14.3. The number of rotatable bonds is 10. The lowest BCUT2D eigenvalue weighted by atomic mass is 9.98. The molecule has 1 aromatic carbocycles. The van der Waals surface area contributed by atoms with E-state index in [4.69, 9.17) is 33.2 Å². The highest BCUT2D eigenvalue weighted by Crippen LogP contribution is 2.31. The molecule has 0 unspecified atom stereocenters. The van der Waals surface area contributed by atoms with Crippen molar-refractivity contribution in [2.45, 2.75) is 65.3 Å². The van der Waals surface area contributed by atoms with Crippen molar-refractivity contribution in [1.29, 1.82) is 0 Å². The molecular weight excluding hydrogens is 511 g/mol. The third-order valence-electron chi connectivity index (χ3n) is 4.86. The molecule has 38 heavy (non-hydrogen) atoms. The first-order valence-electron chi connectivity index (χ1n) is 11.5. The van der Waals surface area contributed by atoms with Crippen LogP contribution < -0.4 is 0 Å². The lowest BCUT2D eigenvalue weighted by Crippen LogP contribution is -2.63. The second-order valence-electron chi connectivity index (χ2n) is 7.94. The molecule has 0 radical (unpaired) electrons. The van der Waals surface area contributed by atoms with Crippen LogP contribution >= 0.6 is 0 Å². The number of benzene rings is 1. The maximum Gasteiger partial charge on any atom is 0.373 e. The molecule has 0 aromatic heterocycles. The van der Waals surface area contributed by atoms with E-state index in [0.29, 0.717) is 0 Å². The fraction of sp³-hybridized carbons (Fsp3) is 0.480. The average molecular weight is 540 g/mol. The summed E-state index contributed by atoms with van der Waals surface area (Å²) in [5, 5.41) is 0. The molecule has 0 spiro atoms. The second-order valence-corrected chi connectivity index (χ2v) is 7.94. The zero-order chi connectivity index (χ0) is 28.4. The van der Waals surface area contributed by atoms with Crippen LogP contribution in [0, 0.1) is 5.82 Å². The van der Waals surface area contributed by atoms with Gasteiger partial charge in [0.25, 0.3) is 0 Å². The zero-order valence-corrected chi connectivity index (χ0v) is 21.5. The van der Waals surface area contributed by atoms with Crippen LogP contribution in [-0.2, 0) is 57.1 Å². The third kappa shape index (κ3) is 8.83. The minimum absolute atomic E-state index is 0.0406. The highest BCUT2D eigenvalue weighted by Gasteiger charge is 2.53. The van der Waals surface area contributed by atoms with Gasteiger partial charge >= 0.3 is 29.8 Å². The zero-order valence-electron chi connectivity index (χ0n) is 21.5. The fourth-order valence-corrected chi connectivity index (χ4v) is 3.49. The van der Waals surface area contributed by atoms with Crippen molar-refractivity contribution in [2.24, 2.45) is 0 Å². The van der Waals surface area contributed by atoms with Crippen LogP contribution in [-0.4, -0.2) is 73.8 Å². The number of esters is 5. The van der Waals surface area contributed by atoms with Gasteiger partial charge in [0, 0.05) is 33.3 Å². The van der Waals surface area contributed by atoms with Gasteiger partial charge in [0.15, 0.2) is 12.2 Å². The minimum Gasteiger partial charge on any atom is -0.463 e. The van der Waals surface area contributed by atoms with Gasteiger partial charge in [0.1, 0.15) is 18.5 Å². The highest BCUT2D eigenvalue weighted by atomic mass is 19.1. The number of halogens is 1. The minimum atomic E-state index is -1.70. The SMILES string of the molecule is CCOC(=O)C(=Cc1ccccc1F)O[C@H]1O[C@@H](COC(C)=O)[C@H](OC(C)=O)[C@@H](OC(C)=O)[C@@H]1OC(C)=O. The standard InChI is InChI=1S/C25H29FO12/c1-6-32-24(31)19(11-17-9-7-8-10-18(17)26)37-25-23(36-16(5)30)22(35-15(4)29)21(34-14(3)28)20(38-25)12-33-13(2)27/h7-11,20-23,25H,6,12H2,1-5H3/t20-,21-,22+,23-,25-/m0/s1. The number of hydrogen-bond donors (Lipinski definition) is 0. The maximum atomic E-state index is 14.3. The monoisotopic (exact) mass is 540 g/mol. The van der Waals surface area contributed by atoms with Crippen LogP contribution in [0.25, 0.3) is 6.08 Å². The Hall–Kier alpha value is -4.00. The van der Waals surface area contributed by atoms with E-state index in [0.717, 1.165) is 39.8 Å². The van der Waals surface area contributed by atoms with Crippen molar-refractivity contribution in [3.63, 3.8) is 0 Å². The molecule has 5 atom stereocenters. The van der Waals surface area contributed by atoms with Crippen LogP contribution in [0.15, 0.2) is 30.0 Å². The van der Waals surface area contributed by atoms with Crippen LogP contribution in [0.4, 0.5) is 4.39 Å². The van der Waals surface area contributed by atoms with E-state index in [1.807, 2.05) is 0 Å². The molecule has 0 bridgehead atoms. The summed E-state index contributed by atoms with van der Waals surface area (Å²) < 4.78 is 51.8.